The van der Waals surface area contributed by atoms with Crippen LogP contribution in [0.4, 0.5) is 15.9 Å². The molecule has 3 N–H and O–H groups in total. The van der Waals surface area contributed by atoms with Gasteiger partial charge in [0.2, 0.25) is 17.6 Å². The highest BCUT2D eigenvalue weighted by atomic mass is 35.5. The van der Waals surface area contributed by atoms with Crippen molar-refractivity contribution in [2.45, 2.75) is 44.3 Å². The minimum atomic E-state index is -0.497. The van der Waals surface area contributed by atoms with E-state index in [1.54, 1.807) is 6.20 Å². The fourth-order valence-corrected chi connectivity index (χ4v) is 4.79. The Morgan fingerprint density at radius 2 is 2.03 bits per heavy atom. The highest BCUT2D eigenvalue weighted by Gasteiger charge is 2.30. The van der Waals surface area contributed by atoms with Crippen LogP contribution in [0.15, 0.2) is 30.5 Å². The minimum Gasteiger partial charge on any atom is -0.356 e. The molecule has 2 saturated heterocycles. The van der Waals surface area contributed by atoms with E-state index in [4.69, 9.17) is 23.2 Å². The summed E-state index contributed by atoms with van der Waals surface area (Å²) in [5, 5.41) is 5.83. The van der Waals surface area contributed by atoms with Crippen molar-refractivity contribution in [1.82, 2.24) is 24.3 Å². The van der Waals surface area contributed by atoms with Crippen LogP contribution in [0.2, 0.25) is 10.3 Å². The lowest BCUT2D eigenvalue weighted by atomic mass is 10.1. The molecular weight excluding hydrogens is 516 g/mol. The largest absolute Gasteiger partial charge is 0.356 e. The van der Waals surface area contributed by atoms with Crippen LogP contribution in [0.25, 0.3) is 0 Å². The minimum absolute atomic E-state index is 0.000733. The van der Waals surface area contributed by atoms with Gasteiger partial charge in [-0.1, -0.05) is 11.6 Å². The third-order valence-corrected chi connectivity index (χ3v) is 7.16. The third kappa shape index (κ3) is 8.18. The SMILES string of the molecule is CC1CC(C(=O)Nc2ccc(F)c(Cl)c2)N(C)SN1.O=CNC1CCN(c2ccnc(Cl)n2)CC1. The summed E-state index contributed by atoms with van der Waals surface area (Å²) in [6, 6.07) is 6.30. The molecule has 2 unspecified atom stereocenters. The van der Waals surface area contributed by atoms with E-state index in [2.05, 4.69) is 30.2 Å². The van der Waals surface area contributed by atoms with Gasteiger partial charge in [0.05, 0.1) is 5.02 Å². The monoisotopic (exact) mass is 543 g/mol. The number of amides is 2. The summed E-state index contributed by atoms with van der Waals surface area (Å²) < 4.78 is 18.1. The highest BCUT2D eigenvalue weighted by molar-refractivity contribution is 7.95. The number of benzene rings is 1. The van der Waals surface area contributed by atoms with Crippen LogP contribution < -0.4 is 20.3 Å². The number of hydrogen-bond acceptors (Lipinski definition) is 8. The molecule has 1 aromatic carbocycles. The van der Waals surface area contributed by atoms with Gasteiger partial charge >= 0.3 is 0 Å². The van der Waals surface area contributed by atoms with Crippen LogP contribution in [0.5, 0.6) is 0 Å². The van der Waals surface area contributed by atoms with Crippen molar-refractivity contribution < 1.29 is 14.0 Å². The van der Waals surface area contributed by atoms with Gasteiger partial charge in [0, 0.05) is 49.2 Å². The van der Waals surface area contributed by atoms with Gasteiger partial charge in [0.25, 0.3) is 0 Å². The summed E-state index contributed by atoms with van der Waals surface area (Å²) in [6.07, 6.45) is 4.99. The Bertz CT molecular complexity index is 1010. The van der Waals surface area contributed by atoms with Crippen LogP contribution in [0.3, 0.4) is 0 Å². The molecule has 2 aliphatic rings. The van der Waals surface area contributed by atoms with E-state index >= 15 is 0 Å². The molecule has 1 aromatic heterocycles. The van der Waals surface area contributed by atoms with Crippen molar-refractivity contribution in [3.63, 3.8) is 0 Å². The summed E-state index contributed by atoms with van der Waals surface area (Å²) >= 11 is 12.8. The van der Waals surface area contributed by atoms with E-state index in [1.807, 2.05) is 24.3 Å². The maximum absolute atomic E-state index is 13.0. The van der Waals surface area contributed by atoms with Crippen molar-refractivity contribution in [2.75, 3.05) is 30.4 Å². The van der Waals surface area contributed by atoms with Gasteiger partial charge in [-0.3, -0.25) is 9.59 Å². The first-order valence-electron chi connectivity index (χ1n) is 11.1. The number of anilines is 2. The van der Waals surface area contributed by atoms with Crippen molar-refractivity contribution in [3.8, 4) is 0 Å². The number of aromatic nitrogens is 2. The quantitative estimate of drug-likeness (QED) is 0.299. The molecule has 0 bridgehead atoms. The Kier molecular flexibility index (Phi) is 10.4. The third-order valence-electron chi connectivity index (χ3n) is 5.64. The van der Waals surface area contributed by atoms with Crippen molar-refractivity contribution in [1.29, 1.82) is 0 Å². The lowest BCUT2D eigenvalue weighted by Gasteiger charge is -2.33. The molecule has 0 spiro atoms. The zero-order valence-corrected chi connectivity index (χ0v) is 21.7. The summed E-state index contributed by atoms with van der Waals surface area (Å²) in [6.45, 7) is 3.77. The second-order valence-corrected chi connectivity index (χ2v) is 10.00. The van der Waals surface area contributed by atoms with Gasteiger partial charge in [-0.15, -0.1) is 0 Å². The predicted octanol–water partition coefficient (Wildman–Crippen LogP) is 3.51. The predicted molar refractivity (Wildman–Crippen MR) is 138 cm³/mol. The van der Waals surface area contributed by atoms with Gasteiger partial charge in [-0.25, -0.2) is 23.4 Å². The Morgan fingerprint density at radius 3 is 2.69 bits per heavy atom. The number of nitrogens with zero attached hydrogens (tertiary/aromatic N) is 4. The molecule has 2 fully saturated rings. The summed E-state index contributed by atoms with van der Waals surface area (Å²) in [7, 11) is 1.85. The molecule has 2 atom stereocenters. The van der Waals surface area contributed by atoms with E-state index in [1.165, 1.54) is 30.3 Å². The second kappa shape index (κ2) is 13.2. The van der Waals surface area contributed by atoms with Crippen LogP contribution >= 0.6 is 35.3 Å². The van der Waals surface area contributed by atoms with Gasteiger partial charge in [-0.2, -0.15) is 0 Å². The van der Waals surface area contributed by atoms with E-state index in [0.29, 0.717) is 12.1 Å². The number of likely N-dealkylation sites (N-methyl/N-ethyl adjacent to an activating group) is 1. The zero-order valence-electron chi connectivity index (χ0n) is 19.4. The molecule has 35 heavy (non-hydrogen) atoms. The smallest absolute Gasteiger partial charge is 0.242 e. The number of carbonyl (C=O) groups excluding carboxylic acids is 2. The Labute approximate surface area is 218 Å². The Hall–Kier alpha value is -2.18. The molecule has 0 saturated carbocycles. The number of piperidine rings is 1. The van der Waals surface area contributed by atoms with Crippen molar-refractivity contribution >= 4 is 59.2 Å². The molecule has 2 aromatic rings. The van der Waals surface area contributed by atoms with Gasteiger partial charge in [0.15, 0.2) is 0 Å². The van der Waals surface area contributed by atoms with E-state index in [-0.39, 0.29) is 34.3 Å². The molecule has 4 rings (SSSR count). The Balaban J connectivity index is 0.000000198. The summed E-state index contributed by atoms with van der Waals surface area (Å²) in [5.74, 6) is 0.235. The maximum atomic E-state index is 13.0. The molecule has 13 heteroatoms. The van der Waals surface area contributed by atoms with Crippen LogP contribution in [0, 0.1) is 5.82 Å². The standard InChI is InChI=1S/C12H15ClFN3OS.C10H13ClN4O/c1-7-5-11(17(2)19-16-7)12(18)15-8-3-4-10(14)9(13)6-8;11-10-12-4-1-9(14-10)15-5-2-8(3-6-15)13-7-16/h3-4,6-7,11,16H,5H2,1-2H3,(H,15,18);1,4,7-8H,2-3,5-6H2,(H,13,16). The lowest BCUT2D eigenvalue weighted by molar-refractivity contribution is -0.119. The number of halogens is 3. The topological polar surface area (TPSA) is 102 Å². The average molecular weight is 544 g/mol. The number of nitrogens with one attached hydrogen (secondary N) is 3. The molecule has 2 aliphatic heterocycles. The fraction of sp³-hybridized carbons (Fsp3) is 0.455. The Morgan fingerprint density at radius 1 is 1.29 bits per heavy atom. The molecule has 0 aliphatic carbocycles. The van der Waals surface area contributed by atoms with Gasteiger partial charge in [-0.05, 0) is 69.1 Å². The molecule has 9 nitrogen and oxygen atoms in total. The van der Waals surface area contributed by atoms with E-state index in [0.717, 1.165) is 38.2 Å². The average Bonchev–Trinajstić information content (AvgIpc) is 2.84. The second-order valence-electron chi connectivity index (χ2n) is 8.26. The number of hydrogen-bond donors (Lipinski definition) is 3. The van der Waals surface area contributed by atoms with E-state index in [9.17, 15) is 14.0 Å². The first-order valence-corrected chi connectivity index (χ1v) is 12.6. The molecule has 3 heterocycles. The maximum Gasteiger partial charge on any atom is 0.242 e. The number of carbonyl (C=O) groups is 2. The number of rotatable bonds is 5. The van der Waals surface area contributed by atoms with Crippen molar-refractivity contribution in [2.24, 2.45) is 0 Å². The summed E-state index contributed by atoms with van der Waals surface area (Å²) in [5.41, 5.74) is 0.501. The first-order chi connectivity index (χ1) is 16.8. The first kappa shape index (κ1) is 27.4. The fourth-order valence-electron chi connectivity index (χ4n) is 3.71. The highest BCUT2D eigenvalue weighted by Crippen LogP contribution is 2.24. The molecule has 0 radical (unpaired) electrons. The lowest BCUT2D eigenvalue weighted by Crippen LogP contribution is -2.48. The van der Waals surface area contributed by atoms with E-state index < -0.39 is 5.82 Å². The normalized spacial score (nSPS) is 21.0. The van der Waals surface area contributed by atoms with Crippen LogP contribution in [-0.2, 0) is 9.59 Å². The molecule has 2 amide bonds. The van der Waals surface area contributed by atoms with Crippen molar-refractivity contribution in [3.05, 3.63) is 46.6 Å². The molecular formula is C22H28Cl2FN7O2S. The van der Waals surface area contributed by atoms with Gasteiger partial charge in [0.1, 0.15) is 17.7 Å². The van der Waals surface area contributed by atoms with Crippen LogP contribution in [0.1, 0.15) is 26.2 Å². The summed E-state index contributed by atoms with van der Waals surface area (Å²) in [4.78, 5) is 32.7. The molecule has 190 valence electrons. The van der Waals surface area contributed by atoms with Gasteiger partial charge < -0.3 is 15.5 Å². The van der Waals surface area contributed by atoms with Crippen LogP contribution in [-0.4, -0.2) is 64.9 Å². The zero-order chi connectivity index (χ0) is 25.4.